The molecular formula is C13H19N5O3. The minimum atomic E-state index is -0.458. The molecule has 1 unspecified atom stereocenters. The number of hydrogen-bond acceptors (Lipinski definition) is 5. The monoisotopic (exact) mass is 293 g/mol. The Hall–Kier alpha value is -1.93. The molecule has 21 heavy (non-hydrogen) atoms. The summed E-state index contributed by atoms with van der Waals surface area (Å²) >= 11 is 0. The van der Waals surface area contributed by atoms with E-state index in [9.17, 15) is 9.59 Å². The lowest BCUT2D eigenvalue weighted by Crippen LogP contribution is -2.55. The third kappa shape index (κ3) is 2.91. The van der Waals surface area contributed by atoms with E-state index in [0.29, 0.717) is 12.1 Å². The number of nitrogens with zero attached hydrogens (tertiary/aromatic N) is 4. The van der Waals surface area contributed by atoms with Crippen LogP contribution in [0.25, 0.3) is 0 Å². The molecule has 0 radical (unpaired) electrons. The van der Waals surface area contributed by atoms with Crippen molar-refractivity contribution in [2.24, 2.45) is 5.73 Å². The summed E-state index contributed by atoms with van der Waals surface area (Å²) in [6.07, 6.45) is 3.25. The predicted molar refractivity (Wildman–Crippen MR) is 73.6 cm³/mol. The zero-order valence-electron chi connectivity index (χ0n) is 11.9. The van der Waals surface area contributed by atoms with E-state index < -0.39 is 5.91 Å². The van der Waals surface area contributed by atoms with Crippen molar-refractivity contribution in [2.45, 2.75) is 12.1 Å². The van der Waals surface area contributed by atoms with Crippen molar-refractivity contribution in [1.82, 2.24) is 19.6 Å². The highest BCUT2D eigenvalue weighted by atomic mass is 16.5. The van der Waals surface area contributed by atoms with Gasteiger partial charge in [0, 0.05) is 39.4 Å². The lowest BCUT2D eigenvalue weighted by molar-refractivity contribution is -0.148. The first-order valence-electron chi connectivity index (χ1n) is 6.95. The lowest BCUT2D eigenvalue weighted by Gasteiger charge is -2.42. The van der Waals surface area contributed by atoms with Gasteiger partial charge in [0.1, 0.15) is 6.61 Å². The Balaban J connectivity index is 1.47. The highest BCUT2D eigenvalue weighted by molar-refractivity contribution is 5.92. The number of nitrogens with two attached hydrogens (primary N) is 1. The van der Waals surface area contributed by atoms with Crippen LogP contribution in [0.4, 0.5) is 0 Å². The van der Waals surface area contributed by atoms with Crippen molar-refractivity contribution in [1.29, 1.82) is 0 Å². The molecule has 0 spiro atoms. The Bertz CT molecular complexity index is 552. The molecule has 114 valence electrons. The topological polar surface area (TPSA) is 93.7 Å². The van der Waals surface area contributed by atoms with Crippen LogP contribution in [0.2, 0.25) is 0 Å². The maximum Gasteiger partial charge on any atom is 0.251 e. The van der Waals surface area contributed by atoms with Crippen LogP contribution >= 0.6 is 0 Å². The Labute approximate surface area is 122 Å². The molecule has 2 aliphatic rings. The number of ether oxygens (including phenoxy) is 1. The van der Waals surface area contributed by atoms with Crippen molar-refractivity contribution in [2.75, 3.05) is 39.8 Å². The van der Waals surface area contributed by atoms with Crippen LogP contribution in [0.1, 0.15) is 16.4 Å². The van der Waals surface area contributed by atoms with Crippen molar-refractivity contribution < 1.29 is 14.3 Å². The fraction of sp³-hybridized carbons (Fsp3) is 0.615. The molecule has 2 fully saturated rings. The number of amides is 2. The summed E-state index contributed by atoms with van der Waals surface area (Å²) in [6, 6.07) is 0.265. The van der Waals surface area contributed by atoms with Crippen LogP contribution in [-0.4, -0.2) is 77.3 Å². The molecule has 1 atom stereocenters. The van der Waals surface area contributed by atoms with Gasteiger partial charge in [-0.15, -0.1) is 0 Å². The molecule has 0 aliphatic carbocycles. The number of carbonyl (C=O) groups is 2. The number of rotatable bonds is 4. The average Bonchev–Trinajstić information content (AvgIpc) is 2.87. The van der Waals surface area contributed by atoms with Crippen LogP contribution < -0.4 is 5.73 Å². The lowest BCUT2D eigenvalue weighted by atomic mass is 10.1. The van der Waals surface area contributed by atoms with Gasteiger partial charge >= 0.3 is 0 Å². The van der Waals surface area contributed by atoms with E-state index in [1.54, 1.807) is 22.8 Å². The Morgan fingerprint density at radius 2 is 2.24 bits per heavy atom. The molecule has 2 saturated heterocycles. The van der Waals surface area contributed by atoms with Gasteiger partial charge in [-0.2, -0.15) is 5.10 Å². The summed E-state index contributed by atoms with van der Waals surface area (Å²) in [5.74, 6) is -0.427. The molecule has 3 heterocycles. The second-order valence-electron chi connectivity index (χ2n) is 5.65. The molecule has 0 aromatic carbocycles. The minimum absolute atomic E-state index is 0.0308. The number of likely N-dealkylation sites (N-methyl/N-ethyl adjacent to an activating group) is 1. The van der Waals surface area contributed by atoms with Crippen LogP contribution in [0.3, 0.4) is 0 Å². The van der Waals surface area contributed by atoms with Crippen molar-refractivity contribution >= 4 is 11.8 Å². The molecule has 0 saturated carbocycles. The summed E-state index contributed by atoms with van der Waals surface area (Å²) in [5, 5.41) is 4.17. The highest BCUT2D eigenvalue weighted by Crippen LogP contribution is 2.22. The molecule has 3 rings (SSSR count). The Morgan fingerprint density at radius 3 is 2.86 bits per heavy atom. The van der Waals surface area contributed by atoms with Gasteiger partial charge in [-0.3, -0.25) is 19.2 Å². The fourth-order valence-corrected chi connectivity index (χ4v) is 2.68. The number of aromatic nitrogens is 2. The van der Waals surface area contributed by atoms with Gasteiger partial charge in [0.05, 0.1) is 23.9 Å². The van der Waals surface area contributed by atoms with E-state index in [1.165, 1.54) is 6.20 Å². The first-order valence-corrected chi connectivity index (χ1v) is 6.95. The van der Waals surface area contributed by atoms with E-state index in [-0.39, 0.29) is 24.7 Å². The molecule has 1 aromatic rings. The minimum Gasteiger partial charge on any atom is -0.366 e. The van der Waals surface area contributed by atoms with Gasteiger partial charge in [0.2, 0.25) is 5.91 Å². The van der Waals surface area contributed by atoms with Gasteiger partial charge in [-0.1, -0.05) is 0 Å². The maximum absolute atomic E-state index is 11.3. The van der Waals surface area contributed by atoms with E-state index >= 15 is 0 Å². The van der Waals surface area contributed by atoms with Gasteiger partial charge in [-0.05, 0) is 0 Å². The first kappa shape index (κ1) is 14.0. The van der Waals surface area contributed by atoms with Crippen LogP contribution in [0, 0.1) is 0 Å². The third-order valence-electron chi connectivity index (χ3n) is 4.01. The molecule has 1 aromatic heterocycles. The van der Waals surface area contributed by atoms with Gasteiger partial charge in [0.15, 0.2) is 0 Å². The third-order valence-corrected chi connectivity index (χ3v) is 4.01. The second kappa shape index (κ2) is 5.45. The van der Waals surface area contributed by atoms with Gasteiger partial charge in [0.25, 0.3) is 5.91 Å². The molecular weight excluding hydrogens is 274 g/mol. The molecule has 2 N–H and O–H groups in total. The van der Waals surface area contributed by atoms with E-state index in [1.807, 2.05) is 0 Å². The fourth-order valence-electron chi connectivity index (χ4n) is 2.68. The summed E-state index contributed by atoms with van der Waals surface area (Å²) in [7, 11) is 1.80. The average molecular weight is 293 g/mol. The van der Waals surface area contributed by atoms with E-state index in [4.69, 9.17) is 10.5 Å². The number of hydrogen-bond donors (Lipinski definition) is 1. The normalized spacial score (nSPS) is 24.1. The molecule has 2 aliphatic heterocycles. The number of carbonyl (C=O) groups excluding carboxylic acids is 2. The quantitative estimate of drug-likeness (QED) is 0.744. The van der Waals surface area contributed by atoms with Crippen LogP contribution in [0.15, 0.2) is 12.4 Å². The number of primary amides is 1. The van der Waals surface area contributed by atoms with Gasteiger partial charge < -0.3 is 15.4 Å². The van der Waals surface area contributed by atoms with Gasteiger partial charge in [-0.25, -0.2) is 0 Å². The molecule has 8 heteroatoms. The Morgan fingerprint density at radius 1 is 1.48 bits per heavy atom. The van der Waals surface area contributed by atoms with Crippen molar-refractivity contribution in [3.05, 3.63) is 18.0 Å². The molecule has 0 bridgehead atoms. The second-order valence-corrected chi connectivity index (χ2v) is 5.65. The summed E-state index contributed by atoms with van der Waals surface area (Å²) < 4.78 is 7.31. The van der Waals surface area contributed by atoms with E-state index in [0.717, 1.165) is 19.6 Å². The van der Waals surface area contributed by atoms with E-state index in [2.05, 4.69) is 10.00 Å². The predicted octanol–water partition coefficient (Wildman–Crippen LogP) is -1.30. The standard InChI is InChI=1S/C13H19N5O3/c1-16-6-11(21-8-12(16)19)7-17-4-10(5-17)18-3-9(2-15-18)13(14)20/h2-3,10-11H,4-8H2,1H3,(H2,14,20). The smallest absolute Gasteiger partial charge is 0.251 e. The number of likely N-dealkylation sites (tertiary alicyclic amines) is 1. The van der Waals surface area contributed by atoms with Crippen LogP contribution in [0.5, 0.6) is 0 Å². The highest BCUT2D eigenvalue weighted by Gasteiger charge is 2.33. The largest absolute Gasteiger partial charge is 0.366 e. The summed E-state index contributed by atoms with van der Waals surface area (Å²) in [4.78, 5) is 26.3. The number of morpholine rings is 1. The van der Waals surface area contributed by atoms with Crippen molar-refractivity contribution in [3.8, 4) is 0 Å². The van der Waals surface area contributed by atoms with Crippen LogP contribution in [-0.2, 0) is 9.53 Å². The Kier molecular flexibility index (Phi) is 3.64. The molecule has 2 amide bonds. The summed E-state index contributed by atoms with van der Waals surface area (Å²) in [6.45, 7) is 3.32. The molecule has 8 nitrogen and oxygen atoms in total. The first-order chi connectivity index (χ1) is 10.0. The zero-order valence-corrected chi connectivity index (χ0v) is 11.9. The SMILES string of the molecule is CN1CC(CN2CC(n3cc(C(N)=O)cn3)C2)OCC1=O. The zero-order chi connectivity index (χ0) is 15.0. The van der Waals surface area contributed by atoms with Crippen molar-refractivity contribution in [3.63, 3.8) is 0 Å². The maximum atomic E-state index is 11.3. The summed E-state index contributed by atoms with van der Waals surface area (Å²) in [5.41, 5.74) is 5.64.